The first-order valence-electron chi connectivity index (χ1n) is 6.81. The molecule has 108 valence electrons. The van der Waals surface area contributed by atoms with Crippen molar-refractivity contribution >= 4 is 20.9 Å². The molecule has 1 fully saturated rings. The minimum Gasteiger partial charge on any atom is -0.440 e. The lowest BCUT2D eigenvalue weighted by Gasteiger charge is -2.05. The summed E-state index contributed by atoms with van der Waals surface area (Å²) in [6, 6.07) is 4.91. The maximum atomic E-state index is 11.9. The van der Waals surface area contributed by atoms with Gasteiger partial charge in [-0.1, -0.05) is 6.92 Å². The quantitative estimate of drug-likeness (QED) is 0.867. The molecule has 0 amide bonds. The van der Waals surface area contributed by atoms with Crippen LogP contribution in [-0.2, 0) is 9.84 Å². The first-order chi connectivity index (χ1) is 9.49. The average molecular weight is 294 g/mol. The Hall–Kier alpha value is -1.40. The van der Waals surface area contributed by atoms with Gasteiger partial charge in [-0.3, -0.25) is 0 Å². The molecule has 1 atom stereocenters. The number of rotatable bonds is 3. The van der Waals surface area contributed by atoms with E-state index in [1.54, 1.807) is 25.1 Å². The number of aromatic nitrogens is 1. The molecule has 0 N–H and O–H groups in total. The Bertz CT molecular complexity index is 736. The summed E-state index contributed by atoms with van der Waals surface area (Å²) >= 11 is 0. The topological polar surface area (TPSA) is 63.4 Å². The summed E-state index contributed by atoms with van der Waals surface area (Å²) < 4.78 is 29.5. The molecule has 0 bridgehead atoms. The van der Waals surface area contributed by atoms with E-state index in [1.807, 2.05) is 0 Å². The van der Waals surface area contributed by atoms with Crippen LogP contribution in [0.4, 0.5) is 0 Å². The SMILES string of the molecule is CCS(=O)(=O)c1ccc2oc([C@H]3CCN(C)C3)nc2c1. The number of hydrogen-bond donors (Lipinski definition) is 0. The van der Waals surface area contributed by atoms with Gasteiger partial charge in [0.2, 0.25) is 0 Å². The third-order valence-electron chi connectivity index (χ3n) is 3.86. The van der Waals surface area contributed by atoms with E-state index in [0.717, 1.165) is 25.4 Å². The van der Waals surface area contributed by atoms with Gasteiger partial charge in [0, 0.05) is 12.5 Å². The molecule has 2 aromatic rings. The number of benzene rings is 1. The number of nitrogens with zero attached hydrogens (tertiary/aromatic N) is 2. The van der Waals surface area contributed by atoms with Gasteiger partial charge in [-0.15, -0.1) is 0 Å². The van der Waals surface area contributed by atoms with Crippen LogP contribution in [0.1, 0.15) is 25.2 Å². The van der Waals surface area contributed by atoms with E-state index < -0.39 is 9.84 Å². The standard InChI is InChI=1S/C14H18N2O3S/c1-3-20(17,18)11-4-5-13-12(8-11)15-14(19-13)10-6-7-16(2)9-10/h4-5,8,10H,3,6-7,9H2,1-2H3/t10-/m0/s1. The fraction of sp³-hybridized carbons (Fsp3) is 0.500. The number of likely N-dealkylation sites (N-methyl/N-ethyl adjacent to an activating group) is 1. The molecule has 20 heavy (non-hydrogen) atoms. The van der Waals surface area contributed by atoms with Crippen LogP contribution in [0.25, 0.3) is 11.1 Å². The highest BCUT2D eigenvalue weighted by atomic mass is 32.2. The zero-order valence-electron chi connectivity index (χ0n) is 11.7. The Morgan fingerprint density at radius 3 is 2.90 bits per heavy atom. The Morgan fingerprint density at radius 1 is 1.45 bits per heavy atom. The van der Waals surface area contributed by atoms with E-state index in [9.17, 15) is 8.42 Å². The van der Waals surface area contributed by atoms with Gasteiger partial charge in [0.05, 0.1) is 10.6 Å². The molecule has 2 heterocycles. The van der Waals surface area contributed by atoms with Gasteiger partial charge >= 0.3 is 0 Å². The molecular weight excluding hydrogens is 276 g/mol. The van der Waals surface area contributed by atoms with Gasteiger partial charge in [0.25, 0.3) is 0 Å². The minimum absolute atomic E-state index is 0.0939. The molecule has 0 radical (unpaired) electrons. The van der Waals surface area contributed by atoms with Crippen molar-refractivity contribution in [1.82, 2.24) is 9.88 Å². The lowest BCUT2D eigenvalue weighted by molar-refractivity contribution is 0.396. The molecule has 0 unspecified atom stereocenters. The molecule has 5 nitrogen and oxygen atoms in total. The number of fused-ring (bicyclic) bond motifs is 1. The predicted molar refractivity (Wildman–Crippen MR) is 76.6 cm³/mol. The molecule has 1 saturated heterocycles. The fourth-order valence-electron chi connectivity index (χ4n) is 2.60. The number of oxazole rings is 1. The first-order valence-corrected chi connectivity index (χ1v) is 8.46. The first kappa shape index (κ1) is 13.6. The van der Waals surface area contributed by atoms with Gasteiger partial charge in [0.1, 0.15) is 5.52 Å². The van der Waals surface area contributed by atoms with Crippen LogP contribution in [-0.4, -0.2) is 44.2 Å². The zero-order valence-corrected chi connectivity index (χ0v) is 12.5. The van der Waals surface area contributed by atoms with Crippen LogP contribution in [0.15, 0.2) is 27.5 Å². The molecule has 0 saturated carbocycles. The highest BCUT2D eigenvalue weighted by Gasteiger charge is 2.26. The smallest absolute Gasteiger partial charge is 0.199 e. The molecular formula is C14H18N2O3S. The van der Waals surface area contributed by atoms with Crippen molar-refractivity contribution in [1.29, 1.82) is 0 Å². The number of likely N-dealkylation sites (tertiary alicyclic amines) is 1. The lowest BCUT2D eigenvalue weighted by atomic mass is 10.1. The summed E-state index contributed by atoms with van der Waals surface area (Å²) in [5.74, 6) is 1.12. The third-order valence-corrected chi connectivity index (χ3v) is 5.59. The molecule has 0 aliphatic carbocycles. The molecule has 1 aromatic heterocycles. The Balaban J connectivity index is 2.00. The summed E-state index contributed by atoms with van der Waals surface area (Å²) in [7, 11) is -1.12. The van der Waals surface area contributed by atoms with Crippen LogP contribution >= 0.6 is 0 Å². The van der Waals surface area contributed by atoms with Crippen molar-refractivity contribution in [2.45, 2.75) is 24.2 Å². The van der Waals surface area contributed by atoms with E-state index >= 15 is 0 Å². The molecule has 6 heteroatoms. The van der Waals surface area contributed by atoms with Gasteiger partial charge in [-0.25, -0.2) is 13.4 Å². The van der Waals surface area contributed by atoms with Crippen molar-refractivity contribution in [2.75, 3.05) is 25.9 Å². The summed E-state index contributed by atoms with van der Waals surface area (Å²) in [6.07, 6.45) is 1.03. The van der Waals surface area contributed by atoms with E-state index in [-0.39, 0.29) is 5.75 Å². The second kappa shape index (κ2) is 4.86. The van der Waals surface area contributed by atoms with Crippen LogP contribution in [0.5, 0.6) is 0 Å². The Morgan fingerprint density at radius 2 is 2.25 bits per heavy atom. The summed E-state index contributed by atoms with van der Waals surface area (Å²) in [4.78, 5) is 7.04. The van der Waals surface area contributed by atoms with E-state index in [2.05, 4.69) is 16.9 Å². The Labute approximate surface area is 118 Å². The van der Waals surface area contributed by atoms with Gasteiger partial charge in [0.15, 0.2) is 21.3 Å². The second-order valence-corrected chi connectivity index (χ2v) is 7.61. The summed E-state index contributed by atoms with van der Waals surface area (Å²) in [5, 5.41) is 0. The average Bonchev–Trinajstić information content (AvgIpc) is 3.03. The maximum Gasteiger partial charge on any atom is 0.199 e. The van der Waals surface area contributed by atoms with E-state index in [4.69, 9.17) is 4.42 Å². The monoisotopic (exact) mass is 294 g/mol. The molecule has 1 aromatic carbocycles. The fourth-order valence-corrected chi connectivity index (χ4v) is 3.50. The van der Waals surface area contributed by atoms with Gasteiger partial charge in [-0.05, 0) is 38.2 Å². The largest absolute Gasteiger partial charge is 0.440 e. The van der Waals surface area contributed by atoms with Crippen LogP contribution in [0, 0.1) is 0 Å². The minimum atomic E-state index is -3.20. The number of hydrogen-bond acceptors (Lipinski definition) is 5. The van der Waals surface area contributed by atoms with E-state index in [1.165, 1.54) is 0 Å². The summed E-state index contributed by atoms with van der Waals surface area (Å²) in [5.41, 5.74) is 1.29. The van der Waals surface area contributed by atoms with Crippen molar-refractivity contribution < 1.29 is 12.8 Å². The Kier molecular flexibility index (Phi) is 3.30. The van der Waals surface area contributed by atoms with E-state index in [0.29, 0.717) is 21.9 Å². The zero-order chi connectivity index (χ0) is 14.3. The van der Waals surface area contributed by atoms with Crippen molar-refractivity contribution in [3.63, 3.8) is 0 Å². The third kappa shape index (κ3) is 2.33. The lowest BCUT2D eigenvalue weighted by Crippen LogP contribution is -2.13. The predicted octanol–water partition coefficient (Wildman–Crippen LogP) is 2.04. The van der Waals surface area contributed by atoms with Crippen LogP contribution < -0.4 is 0 Å². The second-order valence-electron chi connectivity index (χ2n) is 5.33. The molecule has 1 aliphatic rings. The van der Waals surface area contributed by atoms with Crippen molar-refractivity contribution in [3.8, 4) is 0 Å². The van der Waals surface area contributed by atoms with Crippen molar-refractivity contribution in [3.05, 3.63) is 24.1 Å². The van der Waals surface area contributed by atoms with Gasteiger partial charge < -0.3 is 9.32 Å². The van der Waals surface area contributed by atoms with Gasteiger partial charge in [-0.2, -0.15) is 0 Å². The van der Waals surface area contributed by atoms with Crippen LogP contribution in [0.2, 0.25) is 0 Å². The van der Waals surface area contributed by atoms with Crippen molar-refractivity contribution in [2.24, 2.45) is 0 Å². The highest BCUT2D eigenvalue weighted by Crippen LogP contribution is 2.29. The summed E-state index contributed by atoms with van der Waals surface area (Å²) in [6.45, 7) is 3.62. The maximum absolute atomic E-state index is 11.9. The normalized spacial score (nSPS) is 20.8. The molecule has 1 aliphatic heterocycles. The number of sulfone groups is 1. The molecule has 0 spiro atoms. The molecule has 3 rings (SSSR count). The van der Waals surface area contributed by atoms with Crippen LogP contribution in [0.3, 0.4) is 0 Å². The highest BCUT2D eigenvalue weighted by molar-refractivity contribution is 7.91.